The molecule has 5 heterocycles. The molecule has 234 valence electrons. The number of imidazole rings is 1. The van der Waals surface area contributed by atoms with Crippen LogP contribution in [-0.2, 0) is 11.2 Å². The van der Waals surface area contributed by atoms with Crippen LogP contribution in [0.4, 0.5) is 5.82 Å². The number of benzene rings is 1. The van der Waals surface area contributed by atoms with Crippen LogP contribution in [0.2, 0.25) is 0 Å². The summed E-state index contributed by atoms with van der Waals surface area (Å²) in [6.07, 6.45) is 14.0. The normalized spacial score (nSPS) is 18.8. The van der Waals surface area contributed by atoms with Crippen LogP contribution in [0.1, 0.15) is 73.7 Å². The van der Waals surface area contributed by atoms with Crippen LogP contribution in [0.3, 0.4) is 0 Å². The molecule has 1 saturated heterocycles. The Morgan fingerprint density at radius 1 is 1.00 bits per heavy atom. The van der Waals surface area contributed by atoms with Gasteiger partial charge in [-0.2, -0.15) is 5.10 Å². The van der Waals surface area contributed by atoms with E-state index in [4.69, 9.17) is 20.8 Å². The molecule has 3 aliphatic rings. The van der Waals surface area contributed by atoms with Crippen LogP contribution in [0.15, 0.2) is 73.6 Å². The van der Waals surface area contributed by atoms with Crippen molar-refractivity contribution in [1.29, 1.82) is 0 Å². The van der Waals surface area contributed by atoms with Gasteiger partial charge in [0.2, 0.25) is 5.91 Å². The molecule has 1 saturated carbocycles. The van der Waals surface area contributed by atoms with Gasteiger partial charge in [0, 0.05) is 49.2 Å². The number of fused-ring (bicyclic) bond motifs is 2. The average molecular weight is 614 g/mol. The fourth-order valence-electron chi connectivity index (χ4n) is 7.61. The maximum absolute atomic E-state index is 12.0. The Kier molecular flexibility index (Phi) is 7.36. The van der Waals surface area contributed by atoms with E-state index in [-0.39, 0.29) is 5.91 Å². The summed E-state index contributed by atoms with van der Waals surface area (Å²) in [4.78, 5) is 28.5. The van der Waals surface area contributed by atoms with E-state index >= 15 is 0 Å². The van der Waals surface area contributed by atoms with Crippen molar-refractivity contribution < 1.29 is 4.79 Å². The zero-order valence-corrected chi connectivity index (χ0v) is 26.0. The molecule has 0 unspecified atom stereocenters. The quantitative estimate of drug-likeness (QED) is 0.227. The number of hydrogen-bond acceptors (Lipinski definition) is 7. The van der Waals surface area contributed by atoms with Gasteiger partial charge in [-0.25, -0.2) is 19.6 Å². The Bertz CT molecular complexity index is 1930. The van der Waals surface area contributed by atoms with Crippen molar-refractivity contribution in [2.24, 2.45) is 0 Å². The molecular formula is C36H39N9O. The van der Waals surface area contributed by atoms with E-state index in [1.54, 1.807) is 6.20 Å². The van der Waals surface area contributed by atoms with Crippen molar-refractivity contribution in [2.75, 3.05) is 18.8 Å². The maximum Gasteiger partial charge on any atom is 0.245 e. The van der Waals surface area contributed by atoms with Crippen LogP contribution in [0, 0.1) is 0 Å². The number of anilines is 1. The van der Waals surface area contributed by atoms with Crippen molar-refractivity contribution in [3.63, 3.8) is 0 Å². The molecule has 5 aromatic rings. The molecular weight excluding hydrogens is 574 g/mol. The van der Waals surface area contributed by atoms with E-state index < -0.39 is 0 Å². The van der Waals surface area contributed by atoms with Gasteiger partial charge in [-0.15, -0.1) is 0 Å². The van der Waals surface area contributed by atoms with Gasteiger partial charge in [0.15, 0.2) is 17.3 Å². The van der Waals surface area contributed by atoms with E-state index in [2.05, 4.69) is 45.7 Å². The van der Waals surface area contributed by atoms with Gasteiger partial charge in [0.1, 0.15) is 11.3 Å². The first-order valence-corrected chi connectivity index (χ1v) is 16.5. The van der Waals surface area contributed by atoms with Gasteiger partial charge >= 0.3 is 0 Å². The minimum absolute atomic E-state index is 0.0247. The van der Waals surface area contributed by atoms with Gasteiger partial charge in [0.25, 0.3) is 0 Å². The van der Waals surface area contributed by atoms with E-state index in [9.17, 15) is 4.79 Å². The molecule has 0 spiro atoms. The van der Waals surface area contributed by atoms with E-state index in [0.29, 0.717) is 29.6 Å². The first kappa shape index (κ1) is 28.6. The zero-order valence-electron chi connectivity index (χ0n) is 26.0. The number of amides is 1. The summed E-state index contributed by atoms with van der Waals surface area (Å²) in [5, 5.41) is 8.83. The minimum atomic E-state index is 0.0247. The number of nitrogen functional groups attached to an aromatic ring is 1. The number of likely N-dealkylation sites (tertiary alicyclic amines) is 1. The Morgan fingerprint density at radius 2 is 1.85 bits per heavy atom. The van der Waals surface area contributed by atoms with E-state index in [1.807, 2.05) is 40.0 Å². The lowest BCUT2D eigenvalue weighted by Gasteiger charge is -2.33. The fraction of sp³-hybridized carbons (Fsp3) is 0.361. The highest BCUT2D eigenvalue weighted by atomic mass is 16.2. The van der Waals surface area contributed by atoms with Crippen LogP contribution < -0.4 is 11.1 Å². The second-order valence-corrected chi connectivity index (χ2v) is 12.8. The summed E-state index contributed by atoms with van der Waals surface area (Å²) in [6, 6.07) is 17.4. The molecule has 46 heavy (non-hydrogen) atoms. The third-order valence-electron chi connectivity index (χ3n) is 10.1. The van der Waals surface area contributed by atoms with Gasteiger partial charge in [-0.3, -0.25) is 9.36 Å². The maximum atomic E-state index is 12.0. The van der Waals surface area contributed by atoms with E-state index in [0.717, 1.165) is 72.7 Å². The smallest absolute Gasteiger partial charge is 0.245 e. The standard InChI is InChI=1S/C36H39N9O/c1-2-33(46)43-19-15-25(16-20-43)39-30-12-9-24-22-26(10-11-27(24)30)45-35(28-8-5-18-38-34(28)37)40-31-13-14-32(41-36(31)45)44-21-17-29(42-44)23-6-3-4-7-23/h2,5,8,10-11,13-14,17-18,21-23,25,30,39H,1,3-4,6-7,9,12,15-16,19-20H2,(H2,37,38)/t30-/m0/s1. The summed E-state index contributed by atoms with van der Waals surface area (Å²) in [5.41, 5.74) is 13.5. The molecule has 1 aliphatic heterocycles. The van der Waals surface area contributed by atoms with Crippen molar-refractivity contribution in [1.82, 2.24) is 39.5 Å². The predicted molar refractivity (Wildman–Crippen MR) is 179 cm³/mol. The first-order chi connectivity index (χ1) is 22.6. The number of aromatic nitrogens is 6. The number of piperidine rings is 1. The third-order valence-corrected chi connectivity index (χ3v) is 10.1. The number of carbonyl (C=O) groups is 1. The van der Waals surface area contributed by atoms with Gasteiger partial charge in [-0.05, 0) is 98.2 Å². The molecule has 10 nitrogen and oxygen atoms in total. The molecule has 0 bridgehead atoms. The molecule has 0 radical (unpaired) electrons. The molecule has 3 N–H and O–H groups in total. The van der Waals surface area contributed by atoms with Gasteiger partial charge < -0.3 is 16.0 Å². The van der Waals surface area contributed by atoms with Crippen molar-refractivity contribution >= 4 is 22.9 Å². The molecule has 1 atom stereocenters. The second-order valence-electron chi connectivity index (χ2n) is 12.8. The Morgan fingerprint density at radius 3 is 2.65 bits per heavy atom. The topological polar surface area (TPSA) is 120 Å². The summed E-state index contributed by atoms with van der Waals surface area (Å²) in [6.45, 7) is 5.17. The molecule has 4 aromatic heterocycles. The van der Waals surface area contributed by atoms with Crippen molar-refractivity contribution in [3.05, 3.63) is 90.4 Å². The number of nitrogens with two attached hydrogens (primary N) is 1. The molecule has 1 amide bonds. The number of nitrogens with one attached hydrogen (secondary N) is 1. The van der Waals surface area contributed by atoms with E-state index in [1.165, 1.54) is 42.9 Å². The first-order valence-electron chi connectivity index (χ1n) is 16.5. The largest absolute Gasteiger partial charge is 0.383 e. The molecule has 2 aliphatic carbocycles. The number of pyridine rings is 2. The highest BCUT2D eigenvalue weighted by Gasteiger charge is 2.29. The van der Waals surface area contributed by atoms with Crippen LogP contribution in [0.5, 0.6) is 0 Å². The number of rotatable bonds is 7. The third kappa shape index (κ3) is 5.16. The lowest BCUT2D eigenvalue weighted by molar-refractivity contribution is -0.127. The Labute approximate surface area is 268 Å². The lowest BCUT2D eigenvalue weighted by atomic mass is 10.0. The highest BCUT2D eigenvalue weighted by molar-refractivity contribution is 5.87. The van der Waals surface area contributed by atoms with Gasteiger partial charge in [0.05, 0.1) is 11.3 Å². The zero-order chi connectivity index (χ0) is 31.2. The SMILES string of the molecule is C=CC(=O)N1CCC(N[C@H]2CCc3cc(-n4c(-c5cccnc5N)nc5ccc(-n6ccc(C7CCCC7)n6)nc54)ccc32)CC1. The fourth-order valence-corrected chi connectivity index (χ4v) is 7.61. The summed E-state index contributed by atoms with van der Waals surface area (Å²) in [5.74, 6) is 2.46. The molecule has 8 rings (SSSR count). The monoisotopic (exact) mass is 613 g/mol. The summed E-state index contributed by atoms with van der Waals surface area (Å²) in [7, 11) is 0. The van der Waals surface area contributed by atoms with Crippen LogP contribution >= 0.6 is 0 Å². The van der Waals surface area contributed by atoms with Crippen molar-refractivity contribution in [2.45, 2.75) is 69.4 Å². The van der Waals surface area contributed by atoms with Gasteiger partial charge in [-0.1, -0.05) is 25.5 Å². The molecule has 1 aromatic carbocycles. The number of aryl methyl sites for hydroxylation is 1. The second kappa shape index (κ2) is 11.8. The molecule has 10 heteroatoms. The molecule has 2 fully saturated rings. The average Bonchev–Trinajstić information content (AvgIpc) is 3.91. The predicted octanol–water partition coefficient (Wildman–Crippen LogP) is 5.66. The number of hydrogen-bond donors (Lipinski definition) is 2. The Hall–Kier alpha value is -4.83. The minimum Gasteiger partial charge on any atom is -0.383 e. The Balaban J connectivity index is 1.13. The van der Waals surface area contributed by atoms with Crippen LogP contribution in [0.25, 0.3) is 34.1 Å². The summed E-state index contributed by atoms with van der Waals surface area (Å²) >= 11 is 0. The van der Waals surface area contributed by atoms with Crippen molar-refractivity contribution in [3.8, 4) is 22.9 Å². The number of nitrogens with zero attached hydrogens (tertiary/aromatic N) is 7. The summed E-state index contributed by atoms with van der Waals surface area (Å²) < 4.78 is 4.00. The van der Waals surface area contributed by atoms with Crippen LogP contribution in [-0.4, -0.2) is 59.2 Å². The lowest BCUT2D eigenvalue weighted by Crippen LogP contribution is -2.45. The highest BCUT2D eigenvalue weighted by Crippen LogP contribution is 2.37. The number of carbonyl (C=O) groups excluding carboxylic acids is 1.